The SMILES string of the molecule is CC(C)CNC(=O)[C@@H](N)c1ccccc1. The van der Waals surface area contributed by atoms with Gasteiger partial charge in [0.25, 0.3) is 0 Å². The maximum Gasteiger partial charge on any atom is 0.241 e. The Hall–Kier alpha value is -1.35. The van der Waals surface area contributed by atoms with E-state index in [4.69, 9.17) is 5.73 Å². The van der Waals surface area contributed by atoms with Gasteiger partial charge in [-0.25, -0.2) is 0 Å². The van der Waals surface area contributed by atoms with Gasteiger partial charge in [-0.2, -0.15) is 0 Å². The summed E-state index contributed by atoms with van der Waals surface area (Å²) in [6, 6.07) is 8.82. The molecule has 3 nitrogen and oxygen atoms in total. The zero-order chi connectivity index (χ0) is 11.3. The second kappa shape index (κ2) is 5.51. The van der Waals surface area contributed by atoms with E-state index >= 15 is 0 Å². The van der Waals surface area contributed by atoms with Crippen LogP contribution in [0.4, 0.5) is 0 Å². The quantitative estimate of drug-likeness (QED) is 0.783. The van der Waals surface area contributed by atoms with Crippen LogP contribution in [0.5, 0.6) is 0 Å². The first-order valence-corrected chi connectivity index (χ1v) is 5.19. The maximum absolute atomic E-state index is 11.6. The maximum atomic E-state index is 11.6. The lowest BCUT2D eigenvalue weighted by atomic mass is 10.1. The van der Waals surface area contributed by atoms with Gasteiger partial charge in [-0.1, -0.05) is 44.2 Å². The van der Waals surface area contributed by atoms with Crippen LogP contribution in [0.3, 0.4) is 0 Å². The third kappa shape index (κ3) is 3.72. The first-order chi connectivity index (χ1) is 7.11. The molecule has 1 aromatic rings. The van der Waals surface area contributed by atoms with Gasteiger partial charge in [0.05, 0.1) is 0 Å². The van der Waals surface area contributed by atoms with Crippen LogP contribution in [0, 0.1) is 5.92 Å². The van der Waals surface area contributed by atoms with E-state index in [1.807, 2.05) is 44.2 Å². The fraction of sp³-hybridized carbons (Fsp3) is 0.417. The monoisotopic (exact) mass is 206 g/mol. The van der Waals surface area contributed by atoms with Gasteiger partial charge in [0.2, 0.25) is 5.91 Å². The van der Waals surface area contributed by atoms with E-state index < -0.39 is 6.04 Å². The highest BCUT2D eigenvalue weighted by Gasteiger charge is 2.14. The minimum atomic E-state index is -0.565. The van der Waals surface area contributed by atoms with Crippen LogP contribution in [0.2, 0.25) is 0 Å². The average Bonchev–Trinajstić information content (AvgIpc) is 2.26. The summed E-state index contributed by atoms with van der Waals surface area (Å²) in [5.74, 6) is 0.326. The van der Waals surface area contributed by atoms with Crippen molar-refractivity contribution in [2.75, 3.05) is 6.54 Å². The van der Waals surface area contributed by atoms with E-state index in [1.165, 1.54) is 0 Å². The van der Waals surface area contributed by atoms with E-state index in [1.54, 1.807) is 0 Å². The molecule has 3 heteroatoms. The molecule has 0 saturated carbocycles. The third-order valence-electron chi connectivity index (χ3n) is 2.13. The lowest BCUT2D eigenvalue weighted by Gasteiger charge is -2.13. The molecule has 0 saturated heterocycles. The van der Waals surface area contributed by atoms with Gasteiger partial charge in [0, 0.05) is 6.54 Å². The Balaban J connectivity index is 2.54. The molecule has 0 fully saturated rings. The van der Waals surface area contributed by atoms with Crippen molar-refractivity contribution in [2.24, 2.45) is 11.7 Å². The fourth-order valence-corrected chi connectivity index (χ4v) is 1.23. The molecule has 1 rings (SSSR count). The lowest BCUT2D eigenvalue weighted by molar-refractivity contribution is -0.122. The molecule has 0 aliphatic heterocycles. The molecule has 82 valence electrons. The van der Waals surface area contributed by atoms with Crippen LogP contribution in [0.15, 0.2) is 30.3 Å². The molecular weight excluding hydrogens is 188 g/mol. The van der Waals surface area contributed by atoms with Crippen molar-refractivity contribution in [3.05, 3.63) is 35.9 Å². The topological polar surface area (TPSA) is 55.1 Å². The molecule has 0 aliphatic rings. The fourth-order valence-electron chi connectivity index (χ4n) is 1.23. The van der Waals surface area contributed by atoms with Crippen LogP contribution >= 0.6 is 0 Å². The molecule has 1 amide bonds. The predicted molar refractivity (Wildman–Crippen MR) is 61.2 cm³/mol. The van der Waals surface area contributed by atoms with Crippen LogP contribution in [0.25, 0.3) is 0 Å². The Kier molecular flexibility index (Phi) is 4.31. The van der Waals surface area contributed by atoms with Crippen molar-refractivity contribution in [3.8, 4) is 0 Å². The number of amides is 1. The number of benzene rings is 1. The molecule has 0 aliphatic carbocycles. The van der Waals surface area contributed by atoms with Crippen molar-refractivity contribution < 1.29 is 4.79 Å². The largest absolute Gasteiger partial charge is 0.354 e. The Morgan fingerprint density at radius 3 is 2.47 bits per heavy atom. The molecule has 0 unspecified atom stereocenters. The van der Waals surface area contributed by atoms with Crippen molar-refractivity contribution in [2.45, 2.75) is 19.9 Å². The van der Waals surface area contributed by atoms with Gasteiger partial charge in [-0.15, -0.1) is 0 Å². The second-order valence-electron chi connectivity index (χ2n) is 4.03. The smallest absolute Gasteiger partial charge is 0.241 e. The molecule has 1 aromatic carbocycles. The van der Waals surface area contributed by atoms with Gasteiger partial charge in [-0.05, 0) is 11.5 Å². The van der Waals surface area contributed by atoms with Crippen molar-refractivity contribution in [3.63, 3.8) is 0 Å². The minimum Gasteiger partial charge on any atom is -0.354 e. The van der Waals surface area contributed by atoms with Crippen LogP contribution in [-0.4, -0.2) is 12.5 Å². The first-order valence-electron chi connectivity index (χ1n) is 5.19. The van der Waals surface area contributed by atoms with Crippen molar-refractivity contribution in [1.82, 2.24) is 5.32 Å². The van der Waals surface area contributed by atoms with E-state index in [0.717, 1.165) is 5.56 Å². The zero-order valence-corrected chi connectivity index (χ0v) is 9.23. The normalized spacial score (nSPS) is 12.5. The summed E-state index contributed by atoms with van der Waals surface area (Å²) in [5.41, 5.74) is 6.66. The molecule has 0 aromatic heterocycles. The van der Waals surface area contributed by atoms with E-state index in [9.17, 15) is 4.79 Å². The molecule has 0 heterocycles. The van der Waals surface area contributed by atoms with Gasteiger partial charge >= 0.3 is 0 Å². The standard InChI is InChI=1S/C12H18N2O/c1-9(2)8-14-12(15)11(13)10-6-4-3-5-7-10/h3-7,9,11H,8,13H2,1-2H3,(H,14,15)/t11-/m0/s1. The summed E-state index contributed by atoms with van der Waals surface area (Å²) >= 11 is 0. The molecule has 0 spiro atoms. The molecule has 0 bridgehead atoms. The number of hydrogen-bond acceptors (Lipinski definition) is 2. The Morgan fingerprint density at radius 1 is 1.33 bits per heavy atom. The summed E-state index contributed by atoms with van der Waals surface area (Å²) in [6.07, 6.45) is 0. The summed E-state index contributed by atoms with van der Waals surface area (Å²) in [4.78, 5) is 11.6. The number of nitrogens with two attached hydrogens (primary N) is 1. The predicted octanol–water partition coefficient (Wildman–Crippen LogP) is 1.46. The van der Waals surface area contributed by atoms with E-state index in [2.05, 4.69) is 5.32 Å². The minimum absolute atomic E-state index is 0.116. The highest BCUT2D eigenvalue weighted by Crippen LogP contribution is 2.09. The number of carbonyl (C=O) groups excluding carboxylic acids is 1. The highest BCUT2D eigenvalue weighted by atomic mass is 16.2. The van der Waals surface area contributed by atoms with Gasteiger partial charge in [0.1, 0.15) is 6.04 Å². The Morgan fingerprint density at radius 2 is 1.93 bits per heavy atom. The molecule has 3 N–H and O–H groups in total. The highest BCUT2D eigenvalue weighted by molar-refractivity contribution is 5.82. The number of hydrogen-bond donors (Lipinski definition) is 2. The molecule has 0 radical (unpaired) electrons. The number of carbonyl (C=O) groups is 1. The van der Waals surface area contributed by atoms with Crippen LogP contribution < -0.4 is 11.1 Å². The van der Waals surface area contributed by atoms with Crippen molar-refractivity contribution >= 4 is 5.91 Å². The molecule has 1 atom stereocenters. The number of nitrogens with one attached hydrogen (secondary N) is 1. The van der Waals surface area contributed by atoms with Crippen LogP contribution in [-0.2, 0) is 4.79 Å². The number of rotatable bonds is 4. The Labute approximate surface area is 90.7 Å². The van der Waals surface area contributed by atoms with E-state index in [-0.39, 0.29) is 5.91 Å². The van der Waals surface area contributed by atoms with Crippen molar-refractivity contribution in [1.29, 1.82) is 0 Å². The summed E-state index contributed by atoms with van der Waals surface area (Å²) < 4.78 is 0. The third-order valence-corrected chi connectivity index (χ3v) is 2.13. The summed E-state index contributed by atoms with van der Waals surface area (Å²) in [5, 5.41) is 2.82. The van der Waals surface area contributed by atoms with Gasteiger partial charge in [0.15, 0.2) is 0 Å². The summed E-state index contributed by atoms with van der Waals surface area (Å²) in [6.45, 7) is 4.77. The van der Waals surface area contributed by atoms with Crippen LogP contribution in [0.1, 0.15) is 25.5 Å². The second-order valence-corrected chi connectivity index (χ2v) is 4.03. The van der Waals surface area contributed by atoms with Gasteiger partial charge in [-0.3, -0.25) is 4.79 Å². The van der Waals surface area contributed by atoms with E-state index in [0.29, 0.717) is 12.5 Å². The molecular formula is C12H18N2O. The molecule has 15 heavy (non-hydrogen) atoms. The average molecular weight is 206 g/mol. The summed E-state index contributed by atoms with van der Waals surface area (Å²) in [7, 11) is 0. The first kappa shape index (κ1) is 11.7. The van der Waals surface area contributed by atoms with Gasteiger partial charge < -0.3 is 11.1 Å². The Bertz CT molecular complexity index is 309. The lowest BCUT2D eigenvalue weighted by Crippen LogP contribution is -2.36. The zero-order valence-electron chi connectivity index (χ0n) is 9.23.